The van der Waals surface area contributed by atoms with Crippen molar-refractivity contribution in [2.45, 2.75) is 351 Å². The van der Waals surface area contributed by atoms with Gasteiger partial charge in [-0.05, 0) is 129 Å². The average Bonchev–Trinajstić information content (AvgIpc) is 3.48. The third kappa shape index (κ3) is 85.2. The normalized spacial score (nSPS) is 11.2. The fourth-order valence-electron chi connectivity index (χ4n) is 9.01. The number of ether oxygens (including phenoxy) is 2. The molecule has 0 unspecified atom stereocenters. The first-order valence-electron chi connectivity index (χ1n) is 35.4. The highest BCUT2D eigenvalue weighted by Gasteiger charge is 2.12. The Kier molecular flexibility index (Phi) is 82.9. The van der Waals surface area contributed by atoms with Gasteiger partial charge in [-0.1, -0.05) is 270 Å². The van der Waals surface area contributed by atoms with E-state index in [0.717, 1.165) is 96.6 Å². The molecule has 8 nitrogen and oxygen atoms in total. The Balaban J connectivity index is -0.000000584. The molecule has 0 saturated heterocycles. The fraction of sp³-hybridized carbons (Fsp3) is 0.800. The Morgan fingerprint density at radius 3 is 1.14 bits per heavy atom. The average molecular weight is 1200 g/mol. The van der Waals surface area contributed by atoms with E-state index in [9.17, 15) is 24.0 Å². The molecule has 0 radical (unpaired) electrons. The van der Waals surface area contributed by atoms with Crippen LogP contribution >= 0.6 is 11.8 Å². The zero-order valence-corrected chi connectivity index (χ0v) is 57.9. The van der Waals surface area contributed by atoms with E-state index in [4.69, 9.17) is 9.47 Å². The van der Waals surface area contributed by atoms with Gasteiger partial charge in [-0.2, -0.15) is 11.8 Å². The second kappa shape index (κ2) is 79.8. The maximum Gasteiger partial charge on any atom is 0.330 e. The van der Waals surface area contributed by atoms with E-state index in [2.05, 4.69) is 69.9 Å². The van der Waals surface area contributed by atoms with Crippen molar-refractivity contribution in [3.63, 3.8) is 0 Å². The molecule has 0 rings (SSSR count). The van der Waals surface area contributed by atoms with Crippen molar-refractivity contribution in [2.75, 3.05) is 38.3 Å². The van der Waals surface area contributed by atoms with Gasteiger partial charge in [0.25, 0.3) is 0 Å². The van der Waals surface area contributed by atoms with Gasteiger partial charge in [0.15, 0.2) is 5.78 Å². The van der Waals surface area contributed by atoms with Gasteiger partial charge in [0, 0.05) is 32.0 Å². The zero-order valence-electron chi connectivity index (χ0n) is 57.0. The second-order valence-electron chi connectivity index (χ2n) is 23.2. The van der Waals surface area contributed by atoms with Crippen LogP contribution in [0.5, 0.6) is 0 Å². The topological polar surface area (TPSA) is 107 Å². The minimum absolute atomic E-state index is 0.0453. The van der Waals surface area contributed by atoms with Gasteiger partial charge in [-0.25, -0.2) is 4.79 Å². The molecule has 0 aromatic heterocycles. The Labute approximate surface area is 526 Å². The number of hydrogen-bond donors (Lipinski definition) is 0. The highest BCUT2D eigenvalue weighted by Crippen LogP contribution is 2.15. The zero-order chi connectivity index (χ0) is 62.7. The highest BCUT2D eigenvalue weighted by atomic mass is 32.2. The van der Waals surface area contributed by atoms with Crippen molar-refractivity contribution in [3.05, 3.63) is 60.8 Å². The van der Waals surface area contributed by atoms with Crippen LogP contribution in [0.4, 0.5) is 0 Å². The molecule has 0 spiro atoms. The van der Waals surface area contributed by atoms with Crippen LogP contribution in [-0.4, -0.2) is 72.6 Å². The van der Waals surface area contributed by atoms with Gasteiger partial charge in [-0.15, -0.1) is 0 Å². The predicted molar refractivity (Wildman–Crippen MR) is 370 cm³/mol. The minimum atomic E-state index is -0.227. The number of thioether (sulfide) groups is 1. The lowest BCUT2D eigenvalue weighted by Gasteiger charge is -2.22. The van der Waals surface area contributed by atoms with Crippen LogP contribution in [0.1, 0.15) is 351 Å². The number of ketones is 2. The van der Waals surface area contributed by atoms with Gasteiger partial charge in [0.1, 0.15) is 12.4 Å². The van der Waals surface area contributed by atoms with Gasteiger partial charge >= 0.3 is 11.9 Å². The molecular weight excluding hydrogens is 1060 g/mol. The van der Waals surface area contributed by atoms with E-state index in [-0.39, 0.29) is 23.6 Å². The van der Waals surface area contributed by atoms with E-state index in [1.54, 1.807) is 37.8 Å². The molecule has 0 bridgehead atoms. The third-order valence-corrected chi connectivity index (χ3v) is 15.0. The summed E-state index contributed by atoms with van der Waals surface area (Å²) >= 11 is 1.62. The molecule has 0 heterocycles. The first kappa shape index (κ1) is 87.2. The van der Waals surface area contributed by atoms with Crippen molar-refractivity contribution < 1.29 is 33.4 Å². The summed E-state index contributed by atoms with van der Waals surface area (Å²) in [5.74, 6) is 1.07. The number of allylic oxidation sites excluding steroid dienone is 8. The number of nitrogens with zero attached hydrogens (tertiary/aromatic N) is 1. The van der Waals surface area contributed by atoms with Gasteiger partial charge in [-0.3, -0.25) is 14.4 Å². The standard InChI is InChI=1S/C31H55NO4S.C22H40O.C18H34O2.C4H10/c1-4-27-36-31(35)24-20-16-12-8-6-10-14-18-22-26-32(30(34)28-37-3)25-21-17-13-9-5-7-11-15-19-23-29(2)33;1-3-4-5-6-7-8-9-10-11-12-13-14-15-16-17-18-19-20-21-22(2)23;1-3-5-7-9-11-13-15-17-20-18(19)16-14-12-10-8-6-4-2;1-3-4-2/h19-20,23-24H,4-18,21-22,25-28H2,1-3H3;8-9,11-12H,3-7,10,13-21H2,1-2H3;13,15H,3-12,14,16-17H2,1-2H3;3-4H2,1-2H3/b23-19+,24-20+;9-8-,12-11-;15-13-;. The second-order valence-corrected chi connectivity index (χ2v) is 24.1. The van der Waals surface area contributed by atoms with Crippen molar-refractivity contribution in [2.24, 2.45) is 0 Å². The molecular formula is C75H139NO7S. The molecule has 84 heavy (non-hydrogen) atoms. The third-order valence-electron chi connectivity index (χ3n) is 14.5. The van der Waals surface area contributed by atoms with E-state index >= 15 is 0 Å². The molecule has 0 aromatic rings. The molecule has 0 aliphatic carbocycles. The van der Waals surface area contributed by atoms with Crippen molar-refractivity contribution in [3.8, 4) is 0 Å². The first-order valence-corrected chi connectivity index (χ1v) is 36.8. The van der Waals surface area contributed by atoms with E-state index in [1.165, 1.54) is 205 Å². The summed E-state index contributed by atoms with van der Waals surface area (Å²) in [6, 6.07) is 0. The van der Waals surface area contributed by atoms with E-state index in [1.807, 2.05) is 31.4 Å². The number of esters is 2. The maximum atomic E-state index is 12.5. The van der Waals surface area contributed by atoms with E-state index in [0.29, 0.717) is 31.2 Å². The number of amides is 1. The molecule has 9 heteroatoms. The van der Waals surface area contributed by atoms with Crippen LogP contribution in [0, 0.1) is 0 Å². The molecule has 0 aromatic carbocycles. The SMILES string of the molecule is CCCC.CCCCCC/C=C\C/C=C\CCCCCCCCCC(C)=O.CCCCCC/C=C\COC(=O)CCCCCCCC.CCCOC(=O)/C=C/CCCCCCCCCN(CCCCCCCCC/C=C/C(C)=O)C(=O)CSC. The summed E-state index contributed by atoms with van der Waals surface area (Å²) in [7, 11) is 0. The van der Waals surface area contributed by atoms with Crippen LogP contribution in [-0.2, 0) is 33.4 Å². The van der Waals surface area contributed by atoms with E-state index < -0.39 is 0 Å². The Bertz CT molecular complexity index is 1530. The van der Waals surface area contributed by atoms with Crippen molar-refractivity contribution in [1.82, 2.24) is 4.90 Å². The smallest absolute Gasteiger partial charge is 0.330 e. The Morgan fingerprint density at radius 1 is 0.369 bits per heavy atom. The van der Waals surface area contributed by atoms with Crippen LogP contribution in [0.25, 0.3) is 0 Å². The first-order chi connectivity index (χ1) is 41.0. The van der Waals surface area contributed by atoms with Crippen LogP contribution in [0.3, 0.4) is 0 Å². The lowest BCUT2D eigenvalue weighted by atomic mass is 10.1. The molecule has 0 saturated carbocycles. The number of Topliss-reactive ketones (excluding diaryl/α,β-unsaturated/α-hetero) is 1. The maximum absolute atomic E-state index is 12.5. The summed E-state index contributed by atoms with van der Waals surface area (Å²) in [6.07, 6.45) is 77.6. The largest absolute Gasteiger partial charge is 0.463 e. The predicted octanol–water partition coefficient (Wildman–Crippen LogP) is 23.2. The molecule has 492 valence electrons. The Morgan fingerprint density at radius 2 is 0.738 bits per heavy atom. The van der Waals surface area contributed by atoms with Crippen molar-refractivity contribution >= 4 is 41.2 Å². The molecule has 0 aliphatic rings. The fourth-order valence-corrected chi connectivity index (χ4v) is 9.44. The number of hydrogen-bond acceptors (Lipinski definition) is 8. The lowest BCUT2D eigenvalue weighted by molar-refractivity contribution is -0.142. The molecule has 0 fully saturated rings. The molecule has 0 aliphatic heterocycles. The summed E-state index contributed by atoms with van der Waals surface area (Å²) in [6.45, 7) is 19.1. The summed E-state index contributed by atoms with van der Waals surface area (Å²) in [4.78, 5) is 59.1. The highest BCUT2D eigenvalue weighted by molar-refractivity contribution is 7.99. The molecule has 0 atom stereocenters. The van der Waals surface area contributed by atoms with Gasteiger partial charge < -0.3 is 19.2 Å². The lowest BCUT2D eigenvalue weighted by Crippen LogP contribution is -2.34. The Hall–Kier alpha value is -3.20. The number of carbonyl (C=O) groups is 5. The number of rotatable bonds is 58. The van der Waals surface area contributed by atoms with Gasteiger partial charge in [0.05, 0.1) is 12.4 Å². The monoisotopic (exact) mass is 1200 g/mol. The minimum Gasteiger partial charge on any atom is -0.463 e. The summed E-state index contributed by atoms with van der Waals surface area (Å²) in [5.41, 5.74) is 0. The van der Waals surface area contributed by atoms with Crippen LogP contribution < -0.4 is 0 Å². The van der Waals surface area contributed by atoms with Gasteiger partial charge in [0.2, 0.25) is 5.91 Å². The van der Waals surface area contributed by atoms with Crippen LogP contribution in [0.15, 0.2) is 60.8 Å². The number of unbranched alkanes of at least 4 members (excludes halogenated alkanes) is 35. The molecule has 1 amide bonds. The summed E-state index contributed by atoms with van der Waals surface area (Å²) in [5, 5.41) is 0. The molecule has 0 N–H and O–H groups in total. The quantitative estimate of drug-likeness (QED) is 0.0257. The number of carbonyl (C=O) groups excluding carboxylic acids is 5. The summed E-state index contributed by atoms with van der Waals surface area (Å²) < 4.78 is 10.2. The van der Waals surface area contributed by atoms with Crippen LogP contribution in [0.2, 0.25) is 0 Å². The van der Waals surface area contributed by atoms with Crippen molar-refractivity contribution in [1.29, 1.82) is 0 Å².